The van der Waals surface area contributed by atoms with E-state index in [0.717, 1.165) is 12.1 Å². The maximum Gasteiger partial charge on any atom is 0.240 e. The number of nitrogens with one attached hydrogen (secondary N) is 1. The van der Waals surface area contributed by atoms with Crippen molar-refractivity contribution in [3.8, 4) is 0 Å². The van der Waals surface area contributed by atoms with E-state index >= 15 is 0 Å². The highest BCUT2D eigenvalue weighted by Gasteiger charge is 2.15. The molecule has 0 radical (unpaired) electrons. The van der Waals surface area contributed by atoms with Gasteiger partial charge in [0.1, 0.15) is 5.82 Å². The van der Waals surface area contributed by atoms with Gasteiger partial charge < -0.3 is 10.6 Å². The third-order valence-corrected chi connectivity index (χ3v) is 4.37. The molecule has 0 unspecified atom stereocenters. The standard InChI is InChI=1S/C12H20FN3O2S/c1-9(2)16(3)7-6-15-19(17,18)10-4-5-11(13)12(14)8-10/h4-5,8-9,15H,6-7,14H2,1-3H3. The summed E-state index contributed by atoms with van der Waals surface area (Å²) < 4.78 is 39.3. The highest BCUT2D eigenvalue weighted by molar-refractivity contribution is 7.89. The predicted octanol–water partition coefficient (Wildman–Crippen LogP) is 1.03. The van der Waals surface area contributed by atoms with Crippen LogP contribution in [0.25, 0.3) is 0 Å². The summed E-state index contributed by atoms with van der Waals surface area (Å²) in [5, 5.41) is 0. The first-order valence-corrected chi connectivity index (χ1v) is 7.47. The molecule has 0 saturated carbocycles. The lowest BCUT2D eigenvalue weighted by atomic mass is 10.3. The molecule has 0 atom stereocenters. The quantitative estimate of drug-likeness (QED) is 0.767. The van der Waals surface area contributed by atoms with Gasteiger partial charge in [-0.05, 0) is 39.1 Å². The van der Waals surface area contributed by atoms with E-state index in [2.05, 4.69) is 4.72 Å². The first-order valence-electron chi connectivity index (χ1n) is 5.99. The SMILES string of the molecule is CC(C)N(C)CCNS(=O)(=O)c1ccc(F)c(N)c1. The van der Waals surface area contributed by atoms with Crippen molar-refractivity contribution in [2.45, 2.75) is 24.8 Å². The van der Waals surface area contributed by atoms with Gasteiger partial charge >= 0.3 is 0 Å². The number of benzene rings is 1. The van der Waals surface area contributed by atoms with E-state index in [1.165, 1.54) is 6.07 Å². The lowest BCUT2D eigenvalue weighted by Gasteiger charge is -2.20. The van der Waals surface area contributed by atoms with Gasteiger partial charge in [0, 0.05) is 19.1 Å². The highest BCUT2D eigenvalue weighted by Crippen LogP contribution is 2.16. The Balaban J connectivity index is 2.68. The first-order chi connectivity index (χ1) is 8.74. The summed E-state index contributed by atoms with van der Waals surface area (Å²) in [5.74, 6) is -0.626. The van der Waals surface area contributed by atoms with E-state index in [-0.39, 0.29) is 17.1 Å². The van der Waals surface area contributed by atoms with E-state index in [1.807, 2.05) is 25.8 Å². The molecule has 0 aliphatic heterocycles. The fraction of sp³-hybridized carbons (Fsp3) is 0.500. The molecule has 108 valence electrons. The van der Waals surface area contributed by atoms with Gasteiger partial charge in [-0.25, -0.2) is 17.5 Å². The van der Waals surface area contributed by atoms with Crippen molar-refractivity contribution < 1.29 is 12.8 Å². The topological polar surface area (TPSA) is 75.4 Å². The highest BCUT2D eigenvalue weighted by atomic mass is 32.2. The van der Waals surface area contributed by atoms with Gasteiger partial charge in [-0.1, -0.05) is 0 Å². The Bertz CT molecular complexity index is 532. The molecule has 0 heterocycles. The lowest BCUT2D eigenvalue weighted by Crippen LogP contribution is -2.36. The summed E-state index contributed by atoms with van der Waals surface area (Å²) in [7, 11) is -1.73. The number of anilines is 1. The predicted molar refractivity (Wildman–Crippen MR) is 73.8 cm³/mol. The van der Waals surface area contributed by atoms with E-state index in [1.54, 1.807) is 0 Å². The van der Waals surface area contributed by atoms with Crippen LogP contribution in [0.1, 0.15) is 13.8 Å². The van der Waals surface area contributed by atoms with E-state index in [0.29, 0.717) is 12.6 Å². The number of nitrogens with zero attached hydrogens (tertiary/aromatic N) is 1. The molecule has 19 heavy (non-hydrogen) atoms. The van der Waals surface area contributed by atoms with Crippen LogP contribution >= 0.6 is 0 Å². The summed E-state index contributed by atoms with van der Waals surface area (Å²) in [5.41, 5.74) is 5.18. The maximum absolute atomic E-state index is 13.0. The Labute approximate surface area is 113 Å². The molecule has 1 aromatic rings. The van der Waals surface area contributed by atoms with Crippen molar-refractivity contribution in [1.29, 1.82) is 0 Å². The second kappa shape index (κ2) is 6.31. The summed E-state index contributed by atoms with van der Waals surface area (Å²) in [6.07, 6.45) is 0. The van der Waals surface area contributed by atoms with Crippen LogP contribution in [0.2, 0.25) is 0 Å². The Hall–Kier alpha value is -1.18. The molecular weight excluding hydrogens is 269 g/mol. The third kappa shape index (κ3) is 4.45. The van der Waals surface area contributed by atoms with Gasteiger partial charge in [-0.2, -0.15) is 0 Å². The fourth-order valence-electron chi connectivity index (χ4n) is 1.39. The number of hydrogen-bond acceptors (Lipinski definition) is 4. The van der Waals surface area contributed by atoms with Crippen molar-refractivity contribution in [2.24, 2.45) is 0 Å². The molecular formula is C12H20FN3O2S. The largest absolute Gasteiger partial charge is 0.396 e. The fourth-order valence-corrected chi connectivity index (χ4v) is 2.44. The molecule has 0 amide bonds. The van der Waals surface area contributed by atoms with Crippen LogP contribution in [-0.2, 0) is 10.0 Å². The normalized spacial score (nSPS) is 12.3. The molecule has 5 nitrogen and oxygen atoms in total. The second-order valence-corrected chi connectivity index (χ2v) is 6.42. The van der Waals surface area contributed by atoms with Crippen molar-refractivity contribution >= 4 is 15.7 Å². The zero-order chi connectivity index (χ0) is 14.6. The molecule has 0 bridgehead atoms. The van der Waals surface area contributed by atoms with Crippen LogP contribution in [0.5, 0.6) is 0 Å². The van der Waals surface area contributed by atoms with Crippen LogP contribution in [0.4, 0.5) is 10.1 Å². The third-order valence-electron chi connectivity index (χ3n) is 2.92. The Morgan fingerprint density at radius 3 is 2.58 bits per heavy atom. The maximum atomic E-state index is 13.0. The number of nitrogens with two attached hydrogens (primary N) is 1. The molecule has 1 rings (SSSR count). The van der Waals surface area contributed by atoms with Crippen LogP contribution in [-0.4, -0.2) is 39.5 Å². The average molecular weight is 289 g/mol. The minimum absolute atomic E-state index is 0.0291. The van der Waals surface area contributed by atoms with Crippen LogP contribution in [0.15, 0.2) is 23.1 Å². The second-order valence-electron chi connectivity index (χ2n) is 4.66. The first kappa shape index (κ1) is 15.9. The monoisotopic (exact) mass is 289 g/mol. The number of halogens is 1. The Morgan fingerprint density at radius 1 is 1.42 bits per heavy atom. The van der Waals surface area contributed by atoms with Gasteiger partial charge in [-0.3, -0.25) is 0 Å². The number of likely N-dealkylation sites (N-methyl/N-ethyl adjacent to an activating group) is 1. The summed E-state index contributed by atoms with van der Waals surface area (Å²) in [6, 6.07) is 3.69. The van der Waals surface area contributed by atoms with E-state index < -0.39 is 15.8 Å². The summed E-state index contributed by atoms with van der Waals surface area (Å²) in [4.78, 5) is 1.99. The molecule has 0 aliphatic carbocycles. The number of rotatable bonds is 6. The van der Waals surface area contributed by atoms with Crippen LogP contribution in [0, 0.1) is 5.82 Å². The Kier molecular flexibility index (Phi) is 5.28. The molecule has 0 saturated heterocycles. The summed E-state index contributed by atoms with van der Waals surface area (Å²) >= 11 is 0. The minimum Gasteiger partial charge on any atom is -0.396 e. The van der Waals surface area contributed by atoms with E-state index in [4.69, 9.17) is 5.73 Å². The van der Waals surface area contributed by atoms with Gasteiger partial charge in [0.05, 0.1) is 10.6 Å². The lowest BCUT2D eigenvalue weighted by molar-refractivity contribution is 0.278. The van der Waals surface area contributed by atoms with Gasteiger partial charge in [-0.15, -0.1) is 0 Å². The number of sulfonamides is 1. The average Bonchev–Trinajstić information content (AvgIpc) is 2.32. The van der Waals surface area contributed by atoms with Gasteiger partial charge in [0.15, 0.2) is 0 Å². The van der Waals surface area contributed by atoms with Crippen molar-refractivity contribution in [1.82, 2.24) is 9.62 Å². The van der Waals surface area contributed by atoms with Crippen LogP contribution < -0.4 is 10.5 Å². The van der Waals surface area contributed by atoms with Crippen molar-refractivity contribution in [3.63, 3.8) is 0 Å². The smallest absolute Gasteiger partial charge is 0.240 e. The van der Waals surface area contributed by atoms with Gasteiger partial charge in [0.25, 0.3) is 0 Å². The molecule has 0 fully saturated rings. The zero-order valence-corrected chi connectivity index (χ0v) is 12.2. The van der Waals surface area contributed by atoms with Crippen molar-refractivity contribution in [2.75, 3.05) is 25.9 Å². The molecule has 0 spiro atoms. The molecule has 0 aliphatic rings. The van der Waals surface area contributed by atoms with Gasteiger partial charge in [0.2, 0.25) is 10.0 Å². The zero-order valence-electron chi connectivity index (χ0n) is 11.4. The van der Waals surface area contributed by atoms with E-state index in [9.17, 15) is 12.8 Å². The van der Waals surface area contributed by atoms with Crippen molar-refractivity contribution in [3.05, 3.63) is 24.0 Å². The molecule has 0 aromatic heterocycles. The molecule has 3 N–H and O–H groups in total. The Morgan fingerprint density at radius 2 is 2.05 bits per heavy atom. The molecule has 1 aromatic carbocycles. The van der Waals surface area contributed by atoms with Crippen LogP contribution in [0.3, 0.4) is 0 Å². The number of hydrogen-bond donors (Lipinski definition) is 2. The summed E-state index contributed by atoms with van der Waals surface area (Å²) in [6.45, 7) is 4.92. The minimum atomic E-state index is -3.64. The number of nitrogen functional groups attached to an aromatic ring is 1. The molecule has 7 heteroatoms.